The van der Waals surface area contributed by atoms with Crippen molar-refractivity contribution in [3.8, 4) is 0 Å². The minimum atomic E-state index is 0.204. The summed E-state index contributed by atoms with van der Waals surface area (Å²) in [6.07, 6.45) is 1.05. The first-order chi connectivity index (χ1) is 6.70. The van der Waals surface area contributed by atoms with Crippen LogP contribution in [0.4, 0.5) is 0 Å². The summed E-state index contributed by atoms with van der Waals surface area (Å²) in [6, 6.07) is 10.3. The molecule has 1 aliphatic carbocycles. The maximum atomic E-state index is 5.97. The maximum absolute atomic E-state index is 5.97. The topological polar surface area (TPSA) is 0 Å². The molecule has 1 aliphatic rings. The van der Waals surface area contributed by atoms with Gasteiger partial charge in [-0.15, -0.1) is 0 Å². The lowest BCUT2D eigenvalue weighted by Gasteiger charge is -1.99. The van der Waals surface area contributed by atoms with E-state index in [-0.39, 0.29) is 4.49 Å². The van der Waals surface area contributed by atoms with Crippen LogP contribution in [0.15, 0.2) is 39.9 Å². The van der Waals surface area contributed by atoms with E-state index in [2.05, 4.69) is 12.1 Å². The van der Waals surface area contributed by atoms with E-state index in [0.717, 1.165) is 6.42 Å². The fourth-order valence-corrected chi connectivity index (χ4v) is 2.21. The van der Waals surface area contributed by atoms with Crippen LogP contribution in [0, 0.1) is 5.92 Å². The molecule has 1 fully saturated rings. The predicted octanol–water partition coefficient (Wildman–Crippen LogP) is 4.68. The van der Waals surface area contributed by atoms with Crippen LogP contribution in [0.1, 0.15) is 17.9 Å². The van der Waals surface area contributed by atoms with Crippen molar-refractivity contribution in [2.45, 2.75) is 12.3 Å². The third-order valence-electron chi connectivity index (χ3n) is 2.52. The number of halogens is 3. The van der Waals surface area contributed by atoms with Crippen molar-refractivity contribution >= 4 is 34.8 Å². The molecular formula is C11H9Cl3. The molecule has 1 aromatic carbocycles. The normalized spacial score (nSPS) is 24.5. The van der Waals surface area contributed by atoms with Gasteiger partial charge in [0.05, 0.1) is 5.03 Å². The second-order valence-electron chi connectivity index (χ2n) is 3.47. The average molecular weight is 248 g/mol. The number of allylic oxidation sites excluding steroid dienone is 1. The van der Waals surface area contributed by atoms with Gasteiger partial charge >= 0.3 is 0 Å². The summed E-state index contributed by atoms with van der Waals surface area (Å²) in [5, 5.41) is 0.599. The molecule has 74 valence electrons. The molecule has 0 nitrogen and oxygen atoms in total. The van der Waals surface area contributed by atoms with Crippen molar-refractivity contribution in [2.75, 3.05) is 0 Å². The first-order valence-corrected chi connectivity index (χ1v) is 5.59. The fourth-order valence-electron chi connectivity index (χ4n) is 1.68. The van der Waals surface area contributed by atoms with Gasteiger partial charge in [0, 0.05) is 5.92 Å². The zero-order chi connectivity index (χ0) is 10.1. The van der Waals surface area contributed by atoms with Crippen molar-refractivity contribution in [1.29, 1.82) is 0 Å². The molecule has 0 heterocycles. The van der Waals surface area contributed by atoms with Crippen LogP contribution >= 0.6 is 34.8 Å². The van der Waals surface area contributed by atoms with Crippen molar-refractivity contribution in [3.05, 3.63) is 45.4 Å². The van der Waals surface area contributed by atoms with Gasteiger partial charge in [0.15, 0.2) is 0 Å². The lowest BCUT2D eigenvalue weighted by Crippen LogP contribution is -1.83. The lowest BCUT2D eigenvalue weighted by molar-refractivity contribution is 0.994. The van der Waals surface area contributed by atoms with Crippen molar-refractivity contribution in [3.63, 3.8) is 0 Å². The van der Waals surface area contributed by atoms with Crippen LogP contribution < -0.4 is 0 Å². The summed E-state index contributed by atoms with van der Waals surface area (Å²) in [7, 11) is 0. The van der Waals surface area contributed by atoms with Crippen LogP contribution in [-0.2, 0) is 0 Å². The molecule has 0 aromatic heterocycles. The van der Waals surface area contributed by atoms with Crippen molar-refractivity contribution in [1.82, 2.24) is 0 Å². The van der Waals surface area contributed by atoms with Crippen molar-refractivity contribution in [2.24, 2.45) is 5.92 Å². The molecular weight excluding hydrogens is 238 g/mol. The minimum Gasteiger partial charge on any atom is -0.0862 e. The number of benzene rings is 1. The average Bonchev–Trinajstić information content (AvgIpc) is 2.97. The molecule has 1 saturated carbocycles. The van der Waals surface area contributed by atoms with Gasteiger partial charge in [0.25, 0.3) is 0 Å². The minimum absolute atomic E-state index is 0.204. The molecule has 0 aliphatic heterocycles. The Hall–Kier alpha value is -0.170. The number of rotatable bonds is 2. The first kappa shape index (κ1) is 10.4. The Morgan fingerprint density at radius 3 is 2.29 bits per heavy atom. The molecule has 0 radical (unpaired) electrons. The van der Waals surface area contributed by atoms with Gasteiger partial charge in [0.2, 0.25) is 0 Å². The Bertz CT molecular complexity index is 352. The fraction of sp³-hybridized carbons (Fsp3) is 0.273. The highest BCUT2D eigenvalue weighted by atomic mass is 35.5. The van der Waals surface area contributed by atoms with Crippen LogP contribution in [0.25, 0.3) is 0 Å². The number of hydrogen-bond acceptors (Lipinski definition) is 0. The summed E-state index contributed by atoms with van der Waals surface area (Å²) in [5.41, 5.74) is 1.31. The Balaban J connectivity index is 2.11. The standard InChI is InChI=1S/C11H9Cl3/c12-10(11(13)14)9-6-8(9)7-4-2-1-3-5-7/h1-5,8-9H,6H2/t8-,9-/m0/s1. The van der Waals surface area contributed by atoms with E-state index in [1.54, 1.807) is 0 Å². The second kappa shape index (κ2) is 4.14. The summed E-state index contributed by atoms with van der Waals surface area (Å²) < 4.78 is 0.204. The monoisotopic (exact) mass is 246 g/mol. The Kier molecular flexibility index (Phi) is 3.06. The highest BCUT2D eigenvalue weighted by Crippen LogP contribution is 2.54. The Labute approximate surface area is 98.5 Å². The van der Waals surface area contributed by atoms with Gasteiger partial charge in [0.1, 0.15) is 4.49 Å². The van der Waals surface area contributed by atoms with E-state index in [0.29, 0.717) is 16.9 Å². The molecule has 0 N–H and O–H groups in total. The second-order valence-corrected chi connectivity index (χ2v) is 4.82. The molecule has 3 heteroatoms. The molecule has 2 rings (SSSR count). The van der Waals surface area contributed by atoms with E-state index in [1.807, 2.05) is 18.2 Å². The zero-order valence-electron chi connectivity index (χ0n) is 7.38. The van der Waals surface area contributed by atoms with Crippen LogP contribution in [-0.4, -0.2) is 0 Å². The van der Waals surface area contributed by atoms with E-state index < -0.39 is 0 Å². The smallest absolute Gasteiger partial charge is 0.0862 e. The summed E-state index contributed by atoms with van der Waals surface area (Å²) >= 11 is 17.2. The molecule has 0 amide bonds. The third kappa shape index (κ3) is 2.08. The summed E-state index contributed by atoms with van der Waals surface area (Å²) in [6.45, 7) is 0. The van der Waals surface area contributed by atoms with E-state index in [1.165, 1.54) is 5.56 Å². The van der Waals surface area contributed by atoms with Gasteiger partial charge in [-0.3, -0.25) is 0 Å². The van der Waals surface area contributed by atoms with Gasteiger partial charge in [-0.25, -0.2) is 0 Å². The molecule has 1 aromatic rings. The molecule has 0 spiro atoms. The molecule has 0 bridgehead atoms. The Morgan fingerprint density at radius 2 is 1.71 bits per heavy atom. The van der Waals surface area contributed by atoms with Crippen LogP contribution in [0.3, 0.4) is 0 Å². The van der Waals surface area contributed by atoms with Crippen LogP contribution in [0.2, 0.25) is 0 Å². The zero-order valence-corrected chi connectivity index (χ0v) is 9.65. The van der Waals surface area contributed by atoms with Gasteiger partial charge in [-0.1, -0.05) is 65.1 Å². The van der Waals surface area contributed by atoms with Crippen molar-refractivity contribution < 1.29 is 0 Å². The molecule has 14 heavy (non-hydrogen) atoms. The summed E-state index contributed by atoms with van der Waals surface area (Å²) in [5.74, 6) is 0.820. The number of hydrogen-bond donors (Lipinski definition) is 0. The van der Waals surface area contributed by atoms with E-state index in [4.69, 9.17) is 34.8 Å². The van der Waals surface area contributed by atoms with E-state index in [9.17, 15) is 0 Å². The predicted molar refractivity (Wildman–Crippen MR) is 61.9 cm³/mol. The van der Waals surface area contributed by atoms with Gasteiger partial charge in [-0.05, 0) is 17.9 Å². The first-order valence-electron chi connectivity index (χ1n) is 4.45. The molecule has 2 atom stereocenters. The third-order valence-corrected chi connectivity index (χ3v) is 3.59. The largest absolute Gasteiger partial charge is 0.121 e. The molecule has 0 unspecified atom stereocenters. The quantitative estimate of drug-likeness (QED) is 0.712. The Morgan fingerprint density at radius 1 is 1.07 bits per heavy atom. The van der Waals surface area contributed by atoms with Gasteiger partial charge in [-0.2, -0.15) is 0 Å². The van der Waals surface area contributed by atoms with E-state index >= 15 is 0 Å². The SMILES string of the molecule is ClC(Cl)=C(Cl)[C@H]1C[C@H]1c1ccccc1. The summed E-state index contributed by atoms with van der Waals surface area (Å²) in [4.78, 5) is 0. The lowest BCUT2D eigenvalue weighted by atomic mass is 10.1. The van der Waals surface area contributed by atoms with Crippen LogP contribution in [0.5, 0.6) is 0 Å². The highest BCUT2D eigenvalue weighted by Gasteiger charge is 2.41. The van der Waals surface area contributed by atoms with Gasteiger partial charge < -0.3 is 0 Å². The highest BCUT2D eigenvalue weighted by molar-refractivity contribution is 6.59. The molecule has 0 saturated heterocycles. The maximum Gasteiger partial charge on any atom is 0.121 e.